The number of amides is 1. The Hall–Kier alpha value is -0.950. The number of hydrogen-bond donors (Lipinski definition) is 3. The van der Waals surface area contributed by atoms with Gasteiger partial charge in [-0.15, -0.1) is 0 Å². The molecule has 0 saturated carbocycles. The van der Waals surface area contributed by atoms with E-state index in [0.29, 0.717) is 5.57 Å². The smallest absolute Gasteiger partial charge is 0.247 e. The van der Waals surface area contributed by atoms with Gasteiger partial charge >= 0.3 is 0 Å². The van der Waals surface area contributed by atoms with Gasteiger partial charge in [-0.3, -0.25) is 4.79 Å². The molecule has 0 spiro atoms. The van der Waals surface area contributed by atoms with E-state index in [1.165, 1.54) is 0 Å². The van der Waals surface area contributed by atoms with E-state index >= 15 is 0 Å². The van der Waals surface area contributed by atoms with Crippen LogP contribution in [0.25, 0.3) is 0 Å². The first kappa shape index (κ1) is 11.5. The Labute approximate surface area is 92.8 Å². The van der Waals surface area contributed by atoms with Crippen LogP contribution in [0, 0.1) is 0 Å². The SMILES string of the molecule is O=C(NCCO)C1=CC2OCOC2C(O)C1. The van der Waals surface area contributed by atoms with E-state index in [1.54, 1.807) is 6.08 Å². The Balaban J connectivity index is 2.02. The summed E-state index contributed by atoms with van der Waals surface area (Å²) in [5.41, 5.74) is 0.479. The highest BCUT2D eigenvalue weighted by molar-refractivity contribution is 5.93. The zero-order valence-corrected chi connectivity index (χ0v) is 8.76. The fourth-order valence-electron chi connectivity index (χ4n) is 1.92. The van der Waals surface area contributed by atoms with Gasteiger partial charge in [0.1, 0.15) is 19.0 Å². The van der Waals surface area contributed by atoms with Crippen molar-refractivity contribution < 1.29 is 24.5 Å². The first-order valence-electron chi connectivity index (χ1n) is 5.23. The summed E-state index contributed by atoms with van der Waals surface area (Å²) in [7, 11) is 0. The van der Waals surface area contributed by atoms with Crippen LogP contribution < -0.4 is 5.32 Å². The van der Waals surface area contributed by atoms with Gasteiger partial charge in [-0.2, -0.15) is 0 Å². The minimum absolute atomic E-state index is 0.104. The first-order valence-corrected chi connectivity index (χ1v) is 5.23. The van der Waals surface area contributed by atoms with Crippen molar-refractivity contribution in [2.45, 2.75) is 24.7 Å². The predicted octanol–water partition coefficient (Wildman–Crippen LogP) is -1.47. The molecule has 6 heteroatoms. The standard InChI is InChI=1S/C10H15NO5/c12-2-1-11-10(14)6-3-7(13)9-8(4-6)15-5-16-9/h4,7-9,12-13H,1-3,5H2,(H,11,14). The van der Waals surface area contributed by atoms with Crippen LogP contribution in [0.1, 0.15) is 6.42 Å². The molecule has 90 valence electrons. The zero-order valence-electron chi connectivity index (χ0n) is 8.76. The predicted molar refractivity (Wildman–Crippen MR) is 53.4 cm³/mol. The Morgan fingerprint density at radius 3 is 3.12 bits per heavy atom. The maximum absolute atomic E-state index is 11.6. The van der Waals surface area contributed by atoms with E-state index in [4.69, 9.17) is 14.6 Å². The van der Waals surface area contributed by atoms with E-state index in [0.717, 1.165) is 0 Å². The number of carbonyl (C=O) groups is 1. The highest BCUT2D eigenvalue weighted by atomic mass is 16.7. The summed E-state index contributed by atoms with van der Waals surface area (Å²) in [6.45, 7) is 0.249. The molecule has 6 nitrogen and oxygen atoms in total. The molecular formula is C10H15NO5. The lowest BCUT2D eigenvalue weighted by atomic mass is 9.92. The normalized spacial score (nSPS) is 33.1. The van der Waals surface area contributed by atoms with E-state index in [1.807, 2.05) is 0 Å². The third kappa shape index (κ3) is 2.25. The molecule has 1 aliphatic carbocycles. The largest absolute Gasteiger partial charge is 0.395 e. The molecule has 0 aromatic heterocycles. The quantitative estimate of drug-likeness (QED) is 0.550. The van der Waals surface area contributed by atoms with Crippen molar-refractivity contribution in [3.8, 4) is 0 Å². The molecule has 1 fully saturated rings. The molecule has 2 aliphatic rings. The van der Waals surface area contributed by atoms with Crippen LogP contribution in [0.2, 0.25) is 0 Å². The minimum atomic E-state index is -0.715. The monoisotopic (exact) mass is 229 g/mol. The molecule has 3 N–H and O–H groups in total. The number of nitrogens with one attached hydrogen (secondary N) is 1. The van der Waals surface area contributed by atoms with Crippen molar-refractivity contribution in [3.63, 3.8) is 0 Å². The van der Waals surface area contributed by atoms with Gasteiger partial charge in [0.05, 0.1) is 12.7 Å². The number of rotatable bonds is 3. The molecule has 1 amide bonds. The number of fused-ring (bicyclic) bond motifs is 1. The Kier molecular flexibility index (Phi) is 3.55. The Morgan fingerprint density at radius 1 is 1.56 bits per heavy atom. The summed E-state index contributed by atoms with van der Waals surface area (Å²) in [5.74, 6) is -0.276. The molecule has 1 heterocycles. The Morgan fingerprint density at radius 2 is 2.38 bits per heavy atom. The molecule has 3 unspecified atom stereocenters. The molecule has 1 saturated heterocycles. The fourth-order valence-corrected chi connectivity index (χ4v) is 1.92. The van der Waals surface area contributed by atoms with E-state index in [-0.39, 0.29) is 44.5 Å². The van der Waals surface area contributed by atoms with Crippen LogP contribution in [0.4, 0.5) is 0 Å². The lowest BCUT2D eigenvalue weighted by Crippen LogP contribution is -2.41. The summed E-state index contributed by atoms with van der Waals surface area (Å²) in [6, 6.07) is 0. The Bertz CT molecular complexity index is 304. The van der Waals surface area contributed by atoms with Crippen LogP contribution in [0.5, 0.6) is 0 Å². The number of carbonyl (C=O) groups excluding carboxylic acids is 1. The molecule has 16 heavy (non-hydrogen) atoms. The van der Waals surface area contributed by atoms with Gasteiger partial charge in [0.2, 0.25) is 5.91 Å². The molecule has 0 bridgehead atoms. The molecule has 0 radical (unpaired) electrons. The lowest BCUT2D eigenvalue weighted by Gasteiger charge is -2.26. The van der Waals surface area contributed by atoms with Crippen molar-refractivity contribution in [2.75, 3.05) is 19.9 Å². The van der Waals surface area contributed by atoms with Gasteiger partial charge in [0.15, 0.2) is 0 Å². The second kappa shape index (κ2) is 4.92. The summed E-state index contributed by atoms with van der Waals surface area (Å²) < 4.78 is 10.4. The van der Waals surface area contributed by atoms with Crippen molar-refractivity contribution in [1.82, 2.24) is 5.32 Å². The molecule has 0 aromatic rings. The van der Waals surface area contributed by atoms with Gasteiger partial charge in [-0.1, -0.05) is 0 Å². The van der Waals surface area contributed by atoms with Gasteiger partial charge in [-0.05, 0) is 6.08 Å². The van der Waals surface area contributed by atoms with E-state index in [9.17, 15) is 9.90 Å². The van der Waals surface area contributed by atoms with Crippen LogP contribution in [0.3, 0.4) is 0 Å². The maximum Gasteiger partial charge on any atom is 0.247 e. The molecule has 2 rings (SSSR count). The summed E-state index contributed by atoms with van der Waals surface area (Å²) >= 11 is 0. The third-order valence-corrected chi connectivity index (χ3v) is 2.71. The van der Waals surface area contributed by atoms with Crippen LogP contribution in [-0.2, 0) is 14.3 Å². The molecular weight excluding hydrogens is 214 g/mol. The minimum Gasteiger partial charge on any atom is -0.395 e. The van der Waals surface area contributed by atoms with Crippen molar-refractivity contribution in [2.24, 2.45) is 0 Å². The average Bonchev–Trinajstić information content (AvgIpc) is 2.74. The molecule has 1 aliphatic heterocycles. The number of aliphatic hydroxyl groups excluding tert-OH is 2. The highest BCUT2D eigenvalue weighted by Crippen LogP contribution is 2.27. The van der Waals surface area contributed by atoms with Crippen LogP contribution in [-0.4, -0.2) is 54.4 Å². The van der Waals surface area contributed by atoms with E-state index in [2.05, 4.69) is 5.32 Å². The zero-order chi connectivity index (χ0) is 11.5. The van der Waals surface area contributed by atoms with Gasteiger partial charge in [0.25, 0.3) is 0 Å². The number of ether oxygens (including phenoxy) is 2. The fraction of sp³-hybridized carbons (Fsp3) is 0.700. The average molecular weight is 229 g/mol. The molecule has 3 atom stereocenters. The van der Waals surface area contributed by atoms with Gasteiger partial charge in [-0.25, -0.2) is 0 Å². The maximum atomic E-state index is 11.6. The number of aliphatic hydroxyl groups is 2. The summed E-state index contributed by atoms with van der Waals surface area (Å²) in [4.78, 5) is 11.6. The van der Waals surface area contributed by atoms with Crippen molar-refractivity contribution in [3.05, 3.63) is 11.6 Å². The van der Waals surface area contributed by atoms with Gasteiger partial charge in [0, 0.05) is 18.5 Å². The van der Waals surface area contributed by atoms with E-state index < -0.39 is 6.10 Å². The van der Waals surface area contributed by atoms with Gasteiger partial charge < -0.3 is 25.0 Å². The van der Waals surface area contributed by atoms with Crippen molar-refractivity contribution in [1.29, 1.82) is 0 Å². The van der Waals surface area contributed by atoms with Crippen LogP contribution >= 0.6 is 0 Å². The summed E-state index contributed by atoms with van der Waals surface area (Å²) in [6.07, 6.45) is 0.499. The lowest BCUT2D eigenvalue weighted by molar-refractivity contribution is -0.118. The second-order valence-corrected chi connectivity index (χ2v) is 3.82. The molecule has 0 aromatic carbocycles. The second-order valence-electron chi connectivity index (χ2n) is 3.82. The van der Waals surface area contributed by atoms with Crippen molar-refractivity contribution >= 4 is 5.91 Å². The topological polar surface area (TPSA) is 88.0 Å². The number of hydrogen-bond acceptors (Lipinski definition) is 5. The van der Waals surface area contributed by atoms with Crippen LogP contribution in [0.15, 0.2) is 11.6 Å². The first-order chi connectivity index (χ1) is 7.72. The third-order valence-electron chi connectivity index (χ3n) is 2.71. The highest BCUT2D eigenvalue weighted by Gasteiger charge is 2.39. The summed E-state index contributed by atoms with van der Waals surface area (Å²) in [5, 5.41) is 20.9.